The molecule has 0 saturated carbocycles. The summed E-state index contributed by atoms with van der Waals surface area (Å²) in [7, 11) is 1.62. The Morgan fingerprint density at radius 1 is 1.42 bits per heavy atom. The summed E-state index contributed by atoms with van der Waals surface area (Å²) in [6.07, 6.45) is 2.15. The van der Waals surface area contributed by atoms with E-state index in [1.165, 1.54) is 17.7 Å². The fraction of sp³-hybridized carbons (Fsp3) is 0.250. The van der Waals surface area contributed by atoms with Crippen LogP contribution in [0.25, 0.3) is 10.8 Å². The maximum Gasteiger partial charge on any atom is 0.271 e. The van der Waals surface area contributed by atoms with Gasteiger partial charge in [-0.05, 0) is 12.5 Å². The van der Waals surface area contributed by atoms with Gasteiger partial charge in [0, 0.05) is 10.9 Å². The first kappa shape index (κ1) is 16.1. The number of carbonyl (C=O) groups excluding carboxylic acids is 1. The average Bonchev–Trinajstić information content (AvgIpc) is 3.30. The lowest BCUT2D eigenvalue weighted by atomic mass is 10.0. The van der Waals surface area contributed by atoms with Gasteiger partial charge in [0.1, 0.15) is 17.8 Å². The summed E-state index contributed by atoms with van der Waals surface area (Å²) in [6, 6.07) is 7.52. The van der Waals surface area contributed by atoms with Gasteiger partial charge in [-0.25, -0.2) is 9.97 Å². The summed E-state index contributed by atoms with van der Waals surface area (Å²) in [5.74, 6) is 1.08. The number of hydrogen-bond donors (Lipinski definition) is 2. The number of aromatic amines is 1. The second kappa shape index (κ2) is 7.22. The average molecular weight is 343 g/mol. The molecule has 1 amide bonds. The van der Waals surface area contributed by atoms with Crippen molar-refractivity contribution >= 4 is 17.2 Å². The van der Waals surface area contributed by atoms with Crippen LogP contribution in [-0.2, 0) is 0 Å². The molecule has 8 heteroatoms. The molecular weight excluding hydrogens is 326 g/mol. The molecule has 0 spiro atoms. The Kier molecular flexibility index (Phi) is 4.85. The van der Waals surface area contributed by atoms with Gasteiger partial charge in [0.05, 0.1) is 13.2 Å². The molecule has 7 nitrogen and oxygen atoms in total. The van der Waals surface area contributed by atoms with Gasteiger partial charge in [-0.1, -0.05) is 25.1 Å². The van der Waals surface area contributed by atoms with E-state index in [4.69, 9.17) is 4.74 Å². The first-order valence-electron chi connectivity index (χ1n) is 7.48. The van der Waals surface area contributed by atoms with E-state index in [1.54, 1.807) is 12.5 Å². The maximum absolute atomic E-state index is 12.5. The summed E-state index contributed by atoms with van der Waals surface area (Å²) >= 11 is 1.34. The Hall–Kier alpha value is -2.74. The van der Waals surface area contributed by atoms with Crippen LogP contribution in [0.4, 0.5) is 0 Å². The second-order valence-electron chi connectivity index (χ2n) is 5.05. The van der Waals surface area contributed by atoms with Gasteiger partial charge in [-0.2, -0.15) is 5.10 Å². The van der Waals surface area contributed by atoms with Crippen molar-refractivity contribution in [3.05, 3.63) is 47.2 Å². The van der Waals surface area contributed by atoms with Crippen LogP contribution in [-0.4, -0.2) is 33.2 Å². The van der Waals surface area contributed by atoms with Crippen LogP contribution in [0.1, 0.15) is 35.4 Å². The number of thiazole rings is 1. The number of carbonyl (C=O) groups is 1. The van der Waals surface area contributed by atoms with Crippen LogP contribution in [0.2, 0.25) is 0 Å². The second-order valence-corrected chi connectivity index (χ2v) is 5.91. The molecule has 0 saturated heterocycles. The number of methoxy groups -OCH3 is 1. The van der Waals surface area contributed by atoms with E-state index in [9.17, 15) is 4.79 Å². The van der Waals surface area contributed by atoms with Gasteiger partial charge >= 0.3 is 0 Å². The Morgan fingerprint density at radius 2 is 2.25 bits per heavy atom. The van der Waals surface area contributed by atoms with E-state index in [0.717, 1.165) is 17.7 Å². The Bertz CT molecular complexity index is 816. The molecule has 3 rings (SSSR count). The highest BCUT2D eigenvalue weighted by Gasteiger charge is 2.19. The SMILES string of the molecule is CCC(NC(=O)c1csc(-c2ncn[nH]2)n1)c1ccccc1OC. The minimum atomic E-state index is -0.227. The first-order chi connectivity index (χ1) is 11.7. The molecule has 2 N–H and O–H groups in total. The molecule has 1 atom stereocenters. The number of rotatable bonds is 6. The van der Waals surface area contributed by atoms with E-state index in [1.807, 2.05) is 31.2 Å². The number of ether oxygens (including phenoxy) is 1. The maximum atomic E-state index is 12.5. The number of benzene rings is 1. The minimum Gasteiger partial charge on any atom is -0.496 e. The molecule has 24 heavy (non-hydrogen) atoms. The van der Waals surface area contributed by atoms with E-state index < -0.39 is 0 Å². The van der Waals surface area contributed by atoms with Gasteiger partial charge in [-0.15, -0.1) is 11.3 Å². The predicted molar refractivity (Wildman–Crippen MR) is 91.0 cm³/mol. The molecule has 1 unspecified atom stereocenters. The van der Waals surface area contributed by atoms with Crippen molar-refractivity contribution in [3.63, 3.8) is 0 Å². The van der Waals surface area contributed by atoms with Crippen LogP contribution >= 0.6 is 11.3 Å². The monoisotopic (exact) mass is 343 g/mol. The molecular formula is C16H17N5O2S. The van der Waals surface area contributed by atoms with Crippen LogP contribution in [0.15, 0.2) is 36.0 Å². The largest absolute Gasteiger partial charge is 0.496 e. The molecule has 2 heterocycles. The van der Waals surface area contributed by atoms with E-state index in [0.29, 0.717) is 16.5 Å². The lowest BCUT2D eigenvalue weighted by Crippen LogP contribution is -2.28. The molecule has 3 aromatic rings. The number of hydrogen-bond acceptors (Lipinski definition) is 6. The topological polar surface area (TPSA) is 92.8 Å². The standard InChI is InChI=1S/C16H17N5O2S/c1-3-11(10-6-4-5-7-13(10)23-2)19-15(22)12-8-24-16(20-12)14-17-9-18-21-14/h4-9,11H,3H2,1-2H3,(H,19,22)(H,17,18,21). The molecule has 0 bridgehead atoms. The zero-order valence-corrected chi connectivity index (χ0v) is 14.1. The number of nitrogens with zero attached hydrogens (tertiary/aromatic N) is 3. The highest BCUT2D eigenvalue weighted by Crippen LogP contribution is 2.27. The van der Waals surface area contributed by atoms with Gasteiger partial charge in [0.2, 0.25) is 0 Å². The number of aromatic nitrogens is 4. The van der Waals surface area contributed by atoms with E-state index >= 15 is 0 Å². The molecule has 124 valence electrons. The molecule has 0 aliphatic carbocycles. The quantitative estimate of drug-likeness (QED) is 0.718. The molecule has 0 aliphatic heterocycles. The Balaban J connectivity index is 1.78. The zero-order valence-electron chi connectivity index (χ0n) is 13.3. The molecule has 0 aliphatic rings. The first-order valence-corrected chi connectivity index (χ1v) is 8.36. The van der Waals surface area contributed by atoms with E-state index in [2.05, 4.69) is 25.5 Å². The highest BCUT2D eigenvalue weighted by molar-refractivity contribution is 7.13. The lowest BCUT2D eigenvalue weighted by Gasteiger charge is -2.19. The number of para-hydroxylation sites is 1. The van der Waals surface area contributed by atoms with Crippen molar-refractivity contribution in [2.45, 2.75) is 19.4 Å². The van der Waals surface area contributed by atoms with Gasteiger partial charge < -0.3 is 10.1 Å². The van der Waals surface area contributed by atoms with Crippen LogP contribution in [0.5, 0.6) is 5.75 Å². The lowest BCUT2D eigenvalue weighted by molar-refractivity contribution is 0.0931. The van der Waals surface area contributed by atoms with Gasteiger partial charge in [0.25, 0.3) is 5.91 Å². The smallest absolute Gasteiger partial charge is 0.271 e. The summed E-state index contributed by atoms with van der Waals surface area (Å²) in [4.78, 5) is 20.9. The number of nitrogens with one attached hydrogen (secondary N) is 2. The third-order valence-electron chi connectivity index (χ3n) is 3.58. The number of amides is 1. The fourth-order valence-electron chi connectivity index (χ4n) is 2.38. The van der Waals surface area contributed by atoms with Crippen molar-refractivity contribution in [3.8, 4) is 16.6 Å². The summed E-state index contributed by atoms with van der Waals surface area (Å²) < 4.78 is 5.38. The Labute approximate surface area is 143 Å². The number of H-pyrrole nitrogens is 1. The van der Waals surface area contributed by atoms with Crippen LogP contribution in [0, 0.1) is 0 Å². The van der Waals surface area contributed by atoms with Crippen molar-refractivity contribution in [2.24, 2.45) is 0 Å². The van der Waals surface area contributed by atoms with Crippen molar-refractivity contribution in [1.82, 2.24) is 25.5 Å². The third kappa shape index (κ3) is 3.28. The molecule has 2 aromatic heterocycles. The zero-order chi connectivity index (χ0) is 16.9. The molecule has 0 fully saturated rings. The minimum absolute atomic E-state index is 0.149. The van der Waals surface area contributed by atoms with Gasteiger partial charge in [0.15, 0.2) is 10.8 Å². The summed E-state index contributed by atoms with van der Waals surface area (Å²) in [6.45, 7) is 2.01. The Morgan fingerprint density at radius 3 is 2.96 bits per heavy atom. The fourth-order valence-corrected chi connectivity index (χ4v) is 3.13. The highest BCUT2D eigenvalue weighted by atomic mass is 32.1. The predicted octanol–water partition coefficient (Wildman–Crippen LogP) is 2.82. The summed E-state index contributed by atoms with van der Waals surface area (Å²) in [5.41, 5.74) is 1.31. The van der Waals surface area contributed by atoms with Crippen LogP contribution in [0.3, 0.4) is 0 Å². The van der Waals surface area contributed by atoms with Crippen molar-refractivity contribution in [2.75, 3.05) is 7.11 Å². The molecule has 1 aromatic carbocycles. The summed E-state index contributed by atoms with van der Waals surface area (Å²) in [5, 5.41) is 11.9. The van der Waals surface area contributed by atoms with E-state index in [-0.39, 0.29) is 11.9 Å². The molecule has 0 radical (unpaired) electrons. The van der Waals surface area contributed by atoms with Crippen molar-refractivity contribution in [1.29, 1.82) is 0 Å². The normalized spacial score (nSPS) is 11.9. The third-order valence-corrected chi connectivity index (χ3v) is 4.43. The van der Waals surface area contributed by atoms with Crippen LogP contribution < -0.4 is 10.1 Å². The van der Waals surface area contributed by atoms with Gasteiger partial charge in [-0.3, -0.25) is 9.89 Å². The van der Waals surface area contributed by atoms with Crippen molar-refractivity contribution < 1.29 is 9.53 Å².